The Morgan fingerprint density at radius 2 is 0.971 bits per heavy atom. The summed E-state index contributed by atoms with van der Waals surface area (Å²) in [5.41, 5.74) is 23.7. The summed E-state index contributed by atoms with van der Waals surface area (Å²) in [5, 5.41) is 2.38. The molecule has 2 heteroatoms. The quantitative estimate of drug-likeness (QED) is 0.171. The van der Waals surface area contributed by atoms with E-state index in [1.54, 1.807) is 0 Å². The van der Waals surface area contributed by atoms with Gasteiger partial charge in [-0.1, -0.05) is 200 Å². The van der Waals surface area contributed by atoms with Crippen LogP contribution in [0.2, 0.25) is 0 Å². The largest absolute Gasteiger partial charge is 0.454 e. The lowest BCUT2D eigenvalue weighted by Gasteiger charge is -2.30. The second-order valence-corrected chi connectivity index (χ2v) is 24.9. The fraction of sp³-hybridized carbons (Fsp3) is 0.364. The van der Waals surface area contributed by atoms with E-state index >= 15 is 0 Å². The molecule has 68 heavy (non-hydrogen) atoms. The molecule has 0 saturated heterocycles. The molecule has 0 amide bonds. The van der Waals surface area contributed by atoms with Crippen molar-refractivity contribution in [3.05, 3.63) is 172 Å². The molecule has 0 atom stereocenters. The molecule has 3 aliphatic carbocycles. The molecule has 1 heterocycles. The Bertz CT molecular complexity index is 3290. The van der Waals surface area contributed by atoms with E-state index in [1.165, 1.54) is 121 Å². The van der Waals surface area contributed by atoms with Crippen molar-refractivity contribution in [1.82, 2.24) is 0 Å². The predicted octanol–water partition coefficient (Wildman–Crippen LogP) is 19.3. The number of para-hydroxylation sites is 1. The van der Waals surface area contributed by atoms with Crippen molar-refractivity contribution in [3.63, 3.8) is 0 Å². The Hall–Kier alpha value is -5.86. The van der Waals surface area contributed by atoms with E-state index in [1.807, 2.05) is 0 Å². The monoisotopic (exact) mass is 894 g/mol. The van der Waals surface area contributed by atoms with E-state index in [9.17, 15) is 0 Å². The lowest BCUT2D eigenvalue weighted by Crippen LogP contribution is -2.19. The first kappa shape index (κ1) is 44.6. The summed E-state index contributed by atoms with van der Waals surface area (Å²) in [7, 11) is 0. The Morgan fingerprint density at radius 3 is 1.57 bits per heavy atom. The van der Waals surface area contributed by atoms with E-state index in [-0.39, 0.29) is 27.1 Å². The first-order valence-electron chi connectivity index (χ1n) is 25.6. The van der Waals surface area contributed by atoms with Gasteiger partial charge in [0.25, 0.3) is 0 Å². The molecule has 0 radical (unpaired) electrons. The fourth-order valence-electron chi connectivity index (χ4n) is 12.2. The van der Waals surface area contributed by atoms with Gasteiger partial charge in [-0.25, -0.2) is 0 Å². The van der Waals surface area contributed by atoms with Gasteiger partial charge in [0.2, 0.25) is 0 Å². The van der Waals surface area contributed by atoms with Crippen molar-refractivity contribution in [3.8, 4) is 33.4 Å². The molecule has 2 nitrogen and oxygen atoms in total. The minimum absolute atomic E-state index is 0.0244. The van der Waals surface area contributed by atoms with Crippen LogP contribution in [0.15, 0.2) is 132 Å². The normalized spacial score (nSPS) is 16.5. The van der Waals surface area contributed by atoms with Crippen LogP contribution in [0, 0.1) is 0 Å². The average Bonchev–Trinajstić information content (AvgIpc) is 3.88. The first-order chi connectivity index (χ1) is 32.1. The van der Waals surface area contributed by atoms with Crippen molar-refractivity contribution in [2.24, 2.45) is 0 Å². The Morgan fingerprint density at radius 1 is 0.441 bits per heavy atom. The van der Waals surface area contributed by atoms with Gasteiger partial charge in [0.05, 0.1) is 5.69 Å². The van der Waals surface area contributed by atoms with Crippen LogP contribution in [0.25, 0.3) is 55.3 Å². The maximum atomic E-state index is 7.51. The zero-order chi connectivity index (χ0) is 47.9. The highest BCUT2D eigenvalue weighted by molar-refractivity contribution is 6.13. The maximum Gasteiger partial charge on any atom is 0.159 e. The molecule has 1 fully saturated rings. The zero-order valence-electron chi connectivity index (χ0n) is 43.1. The standard InChI is InChI=1S/C66H71NO/c1-62(2,3)43-26-29-50-52-31-28-47(39-58(52)66(12,13)56(50)37-43)67(46-27-30-51-49-22-17-18-25-55(49)65(10,11)57(51)38-46)59-35-42(41-32-44(63(4,5)6)36-45(33-41)64(7,8)9)34-54-53-24-19-23-48(60(53)68-61(54)59)40-20-15-14-16-21-40/h17-19,22-40H,14-16,20-21H2,1-13H3. The second-order valence-electron chi connectivity index (χ2n) is 24.9. The fourth-order valence-corrected chi connectivity index (χ4v) is 12.2. The molecule has 0 spiro atoms. The van der Waals surface area contributed by atoms with Crippen molar-refractivity contribution >= 4 is 39.0 Å². The summed E-state index contributed by atoms with van der Waals surface area (Å²) >= 11 is 0. The van der Waals surface area contributed by atoms with Crippen molar-refractivity contribution < 1.29 is 4.42 Å². The summed E-state index contributed by atoms with van der Waals surface area (Å²) in [6.07, 6.45) is 6.31. The average molecular weight is 894 g/mol. The van der Waals surface area contributed by atoms with Gasteiger partial charge in [-0.05, 0) is 149 Å². The molecular weight excluding hydrogens is 823 g/mol. The van der Waals surface area contributed by atoms with Crippen LogP contribution in [-0.2, 0) is 27.1 Å². The van der Waals surface area contributed by atoms with Gasteiger partial charge < -0.3 is 9.32 Å². The van der Waals surface area contributed by atoms with E-state index in [0.29, 0.717) is 5.92 Å². The van der Waals surface area contributed by atoms with Gasteiger partial charge in [-0.2, -0.15) is 0 Å². The SMILES string of the molecule is CC(C)(C)c1cc(-c2cc(N(c3ccc4c(c3)C(C)(C)c3ccccc3-4)c3ccc4c(c3)C(C)(C)c3cc(C(C)(C)C)ccc3-4)c3oc4c(C5CCCCC5)cccc4c3c2)cc(C(C)(C)C)c1. The summed E-state index contributed by atoms with van der Waals surface area (Å²) in [6.45, 7) is 30.7. The Kier molecular flexibility index (Phi) is 10.1. The van der Waals surface area contributed by atoms with Crippen LogP contribution in [0.5, 0.6) is 0 Å². The summed E-state index contributed by atoms with van der Waals surface area (Å²) in [6, 6.07) is 49.9. The Labute approximate surface area is 406 Å². The number of hydrogen-bond donors (Lipinski definition) is 0. The second kappa shape index (κ2) is 15.3. The highest BCUT2D eigenvalue weighted by atomic mass is 16.3. The van der Waals surface area contributed by atoms with E-state index in [2.05, 4.69) is 222 Å². The lowest BCUT2D eigenvalue weighted by molar-refractivity contribution is 0.442. The van der Waals surface area contributed by atoms with Crippen LogP contribution in [0.1, 0.15) is 173 Å². The highest BCUT2D eigenvalue weighted by Crippen LogP contribution is 2.55. The van der Waals surface area contributed by atoms with Crippen LogP contribution in [0.4, 0.5) is 17.1 Å². The molecule has 0 bridgehead atoms. The maximum absolute atomic E-state index is 7.51. The molecule has 0 N–H and O–H groups in total. The third-order valence-corrected chi connectivity index (χ3v) is 16.5. The van der Waals surface area contributed by atoms with Gasteiger partial charge >= 0.3 is 0 Å². The van der Waals surface area contributed by atoms with E-state index in [0.717, 1.165) is 28.2 Å². The third-order valence-electron chi connectivity index (χ3n) is 16.5. The number of fused-ring (bicyclic) bond motifs is 9. The molecular formula is C66H71NO. The predicted molar refractivity (Wildman–Crippen MR) is 291 cm³/mol. The zero-order valence-corrected chi connectivity index (χ0v) is 43.1. The van der Waals surface area contributed by atoms with Crippen LogP contribution < -0.4 is 4.90 Å². The van der Waals surface area contributed by atoms with Gasteiger partial charge in [-0.3, -0.25) is 0 Å². The number of furan rings is 1. The van der Waals surface area contributed by atoms with Crippen LogP contribution in [-0.4, -0.2) is 0 Å². The number of rotatable bonds is 5. The van der Waals surface area contributed by atoms with Gasteiger partial charge in [0.15, 0.2) is 5.58 Å². The molecule has 0 aliphatic heterocycles. The van der Waals surface area contributed by atoms with E-state index in [4.69, 9.17) is 4.42 Å². The minimum Gasteiger partial charge on any atom is -0.454 e. The van der Waals surface area contributed by atoms with E-state index < -0.39 is 0 Å². The summed E-state index contributed by atoms with van der Waals surface area (Å²) < 4.78 is 7.51. The molecule has 1 aromatic heterocycles. The number of nitrogens with zero attached hydrogens (tertiary/aromatic N) is 1. The molecule has 11 rings (SSSR count). The molecule has 1 saturated carbocycles. The lowest BCUT2D eigenvalue weighted by atomic mass is 9.78. The van der Waals surface area contributed by atoms with Crippen LogP contribution in [0.3, 0.4) is 0 Å². The molecule has 7 aromatic carbocycles. The van der Waals surface area contributed by atoms with Crippen molar-refractivity contribution in [2.45, 2.75) is 155 Å². The first-order valence-corrected chi connectivity index (χ1v) is 25.6. The molecule has 346 valence electrons. The number of benzene rings is 7. The van der Waals surface area contributed by atoms with Crippen LogP contribution >= 0.6 is 0 Å². The smallest absolute Gasteiger partial charge is 0.159 e. The van der Waals surface area contributed by atoms with Gasteiger partial charge in [-0.15, -0.1) is 0 Å². The topological polar surface area (TPSA) is 16.4 Å². The highest BCUT2D eigenvalue weighted by Gasteiger charge is 2.39. The molecule has 3 aliphatic rings. The molecule has 0 unspecified atom stereocenters. The Balaban J connectivity index is 1.21. The number of anilines is 3. The van der Waals surface area contributed by atoms with Crippen molar-refractivity contribution in [1.29, 1.82) is 0 Å². The van der Waals surface area contributed by atoms with Gasteiger partial charge in [0, 0.05) is 33.0 Å². The number of hydrogen-bond acceptors (Lipinski definition) is 2. The summed E-state index contributed by atoms with van der Waals surface area (Å²) in [4.78, 5) is 2.55. The third kappa shape index (κ3) is 7.10. The minimum atomic E-state index is -0.197. The summed E-state index contributed by atoms with van der Waals surface area (Å²) in [5.74, 6) is 0.504. The molecule has 8 aromatic rings. The van der Waals surface area contributed by atoms with Crippen molar-refractivity contribution in [2.75, 3.05) is 4.90 Å². The van der Waals surface area contributed by atoms with Gasteiger partial charge in [0.1, 0.15) is 5.58 Å².